The number of hydrogen-bond acceptors (Lipinski definition) is 5. The zero-order valence-electron chi connectivity index (χ0n) is 18.7. The van der Waals surface area contributed by atoms with Gasteiger partial charge in [-0.1, -0.05) is 0 Å². The van der Waals surface area contributed by atoms with Crippen LogP contribution in [0.2, 0.25) is 0 Å². The summed E-state index contributed by atoms with van der Waals surface area (Å²) in [6.07, 6.45) is 10.8. The zero-order valence-corrected chi connectivity index (χ0v) is 20.3. The molecule has 0 N–H and O–H groups in total. The maximum atomic E-state index is 12.3. The van der Waals surface area contributed by atoms with Crippen LogP contribution >= 0.6 is 23.1 Å². The molecular formula is C24H36N2O2S2. The van der Waals surface area contributed by atoms with Crippen molar-refractivity contribution in [3.05, 3.63) is 16.1 Å². The highest BCUT2D eigenvalue weighted by molar-refractivity contribution is 7.99. The minimum Gasteiger partial charge on any atom is -0.444 e. The first-order chi connectivity index (χ1) is 14.3. The van der Waals surface area contributed by atoms with Gasteiger partial charge < -0.3 is 9.64 Å². The highest BCUT2D eigenvalue weighted by Gasteiger charge is 2.51. The molecule has 6 heteroatoms. The van der Waals surface area contributed by atoms with Crippen LogP contribution in [0.5, 0.6) is 0 Å². The van der Waals surface area contributed by atoms with Crippen LogP contribution in [0, 0.1) is 17.8 Å². The number of piperidine rings is 1. The van der Waals surface area contributed by atoms with Crippen LogP contribution in [0.25, 0.3) is 0 Å². The number of nitrogens with zero attached hydrogens (tertiary/aromatic N) is 2. The molecule has 0 aromatic carbocycles. The van der Waals surface area contributed by atoms with E-state index in [9.17, 15) is 4.79 Å². The number of hydrogen-bond donors (Lipinski definition) is 0. The maximum absolute atomic E-state index is 12.3. The average Bonchev–Trinajstić information content (AvgIpc) is 3.13. The van der Waals surface area contributed by atoms with E-state index in [2.05, 4.69) is 17.1 Å². The van der Waals surface area contributed by atoms with E-state index in [4.69, 9.17) is 9.72 Å². The number of ether oxygens (including phenoxy) is 1. The monoisotopic (exact) mass is 448 g/mol. The first-order valence-electron chi connectivity index (χ1n) is 11.8. The smallest absolute Gasteiger partial charge is 0.410 e. The van der Waals surface area contributed by atoms with Gasteiger partial charge in [-0.05, 0) is 89.9 Å². The first kappa shape index (κ1) is 21.1. The minimum atomic E-state index is -0.424. The summed E-state index contributed by atoms with van der Waals surface area (Å²) in [5, 5.41) is 3.57. The van der Waals surface area contributed by atoms with Crippen molar-refractivity contribution in [3.63, 3.8) is 0 Å². The van der Waals surface area contributed by atoms with Crippen molar-refractivity contribution < 1.29 is 9.53 Å². The second-order valence-corrected chi connectivity index (χ2v) is 13.6. The van der Waals surface area contributed by atoms with Crippen molar-refractivity contribution in [2.24, 2.45) is 17.8 Å². The molecule has 0 radical (unpaired) electrons. The van der Waals surface area contributed by atoms with Crippen molar-refractivity contribution in [1.29, 1.82) is 0 Å². The zero-order chi connectivity index (χ0) is 20.9. The largest absolute Gasteiger partial charge is 0.444 e. The third-order valence-corrected chi connectivity index (χ3v) is 10.2. The van der Waals surface area contributed by atoms with E-state index < -0.39 is 5.60 Å². The van der Waals surface area contributed by atoms with Crippen molar-refractivity contribution in [1.82, 2.24) is 9.88 Å². The SMILES string of the molecule is CC(C)(C)OC(=O)N1CCC(c2nc(CSC34CC5CC(CC(C5)C3)C4)cs2)CC1. The normalized spacial score (nSPS) is 33.8. The number of thioether (sulfide) groups is 1. The van der Waals surface area contributed by atoms with E-state index in [0.29, 0.717) is 10.7 Å². The van der Waals surface area contributed by atoms with Crippen molar-refractivity contribution in [3.8, 4) is 0 Å². The number of carbonyl (C=O) groups is 1. The molecule has 2 heterocycles. The van der Waals surface area contributed by atoms with Crippen LogP contribution in [-0.2, 0) is 10.5 Å². The molecule has 1 aromatic heterocycles. The Kier molecular flexibility index (Phi) is 5.62. The number of carbonyl (C=O) groups excluding carboxylic acids is 1. The Morgan fingerprint density at radius 3 is 2.33 bits per heavy atom. The van der Waals surface area contributed by atoms with Crippen LogP contribution in [0.15, 0.2) is 5.38 Å². The molecule has 0 spiro atoms. The summed E-state index contributed by atoms with van der Waals surface area (Å²) in [5.41, 5.74) is 0.859. The molecule has 4 bridgehead atoms. The lowest BCUT2D eigenvalue weighted by molar-refractivity contribution is 0.0204. The molecular weight excluding hydrogens is 412 g/mol. The summed E-state index contributed by atoms with van der Waals surface area (Å²) in [6.45, 7) is 7.33. The standard InChI is InChI=1S/C24H36N2O2S2/c1-23(2,3)28-22(27)26-6-4-19(5-7-26)21-25-20(14-29-21)15-30-24-11-16-8-17(12-24)10-18(9-16)13-24/h14,16-19H,4-13,15H2,1-3H3. The third kappa shape index (κ3) is 4.55. The van der Waals surface area contributed by atoms with Crippen LogP contribution in [0.4, 0.5) is 4.79 Å². The summed E-state index contributed by atoms with van der Waals surface area (Å²) in [7, 11) is 0. The van der Waals surface area contributed by atoms with Crippen molar-refractivity contribution in [2.75, 3.05) is 13.1 Å². The summed E-state index contributed by atoms with van der Waals surface area (Å²) >= 11 is 4.06. The van der Waals surface area contributed by atoms with Crippen LogP contribution in [-0.4, -0.2) is 39.4 Å². The number of rotatable bonds is 4. The fourth-order valence-electron chi connectivity index (χ4n) is 6.65. The van der Waals surface area contributed by atoms with Gasteiger partial charge in [0.05, 0.1) is 10.7 Å². The molecule has 4 aliphatic carbocycles. The molecule has 5 aliphatic rings. The van der Waals surface area contributed by atoms with Gasteiger partial charge in [0.25, 0.3) is 0 Å². The van der Waals surface area contributed by atoms with Gasteiger partial charge in [0.2, 0.25) is 0 Å². The number of amides is 1. The maximum Gasteiger partial charge on any atom is 0.410 e. The molecule has 4 nitrogen and oxygen atoms in total. The highest BCUT2D eigenvalue weighted by Crippen LogP contribution is 2.61. The molecule has 166 valence electrons. The first-order valence-corrected chi connectivity index (χ1v) is 13.7. The van der Waals surface area contributed by atoms with Crippen molar-refractivity contribution in [2.45, 2.75) is 94.2 Å². The lowest BCUT2D eigenvalue weighted by Crippen LogP contribution is -2.48. The highest BCUT2D eigenvalue weighted by atomic mass is 32.2. The number of aromatic nitrogens is 1. The average molecular weight is 449 g/mol. The summed E-state index contributed by atoms with van der Waals surface area (Å²) < 4.78 is 6.09. The van der Waals surface area contributed by atoms with E-state index in [1.54, 1.807) is 0 Å². The molecule has 6 rings (SSSR count). The lowest BCUT2D eigenvalue weighted by atomic mass is 9.56. The molecule has 0 atom stereocenters. The van der Waals surface area contributed by atoms with E-state index in [-0.39, 0.29) is 6.09 Å². The van der Waals surface area contributed by atoms with Crippen molar-refractivity contribution >= 4 is 29.2 Å². The quantitative estimate of drug-likeness (QED) is 0.530. The molecule has 1 aromatic rings. The molecule has 1 aliphatic heterocycles. The molecule has 4 saturated carbocycles. The molecule has 1 saturated heterocycles. The van der Waals surface area contributed by atoms with Crippen LogP contribution < -0.4 is 0 Å². The molecule has 0 unspecified atom stereocenters. The van der Waals surface area contributed by atoms with E-state index in [1.165, 1.54) is 49.2 Å². The Balaban J connectivity index is 1.13. The van der Waals surface area contributed by atoms with E-state index >= 15 is 0 Å². The third-order valence-electron chi connectivity index (χ3n) is 7.57. The van der Waals surface area contributed by atoms with Gasteiger partial charge in [0.1, 0.15) is 5.60 Å². The van der Waals surface area contributed by atoms with Gasteiger partial charge in [-0.25, -0.2) is 9.78 Å². The van der Waals surface area contributed by atoms with Crippen LogP contribution in [0.3, 0.4) is 0 Å². The van der Waals surface area contributed by atoms with Gasteiger partial charge in [0.15, 0.2) is 0 Å². The Hall–Kier alpha value is -0.750. The fraction of sp³-hybridized carbons (Fsp3) is 0.833. The minimum absolute atomic E-state index is 0.173. The van der Waals surface area contributed by atoms with Gasteiger partial charge in [0, 0.05) is 34.9 Å². The van der Waals surface area contributed by atoms with Gasteiger partial charge in [-0.2, -0.15) is 0 Å². The number of likely N-dealkylation sites (tertiary alicyclic amines) is 1. The second kappa shape index (κ2) is 7.99. The van der Waals surface area contributed by atoms with E-state index in [1.807, 2.05) is 37.0 Å². The Bertz CT molecular complexity index is 741. The Morgan fingerprint density at radius 2 is 1.77 bits per heavy atom. The summed E-state index contributed by atoms with van der Waals surface area (Å²) in [6, 6.07) is 0. The fourth-order valence-corrected chi connectivity index (χ4v) is 9.41. The van der Waals surface area contributed by atoms with Gasteiger partial charge >= 0.3 is 6.09 Å². The molecule has 1 amide bonds. The van der Waals surface area contributed by atoms with Gasteiger partial charge in [-0.15, -0.1) is 23.1 Å². The summed E-state index contributed by atoms with van der Waals surface area (Å²) in [4.78, 5) is 19.2. The predicted octanol–water partition coefficient (Wildman–Crippen LogP) is 6.46. The van der Waals surface area contributed by atoms with Crippen LogP contribution in [0.1, 0.15) is 88.8 Å². The number of thiazole rings is 1. The Labute approximate surface area is 189 Å². The van der Waals surface area contributed by atoms with Gasteiger partial charge in [-0.3, -0.25) is 0 Å². The predicted molar refractivity (Wildman–Crippen MR) is 124 cm³/mol. The summed E-state index contributed by atoms with van der Waals surface area (Å²) in [5.74, 6) is 4.63. The topological polar surface area (TPSA) is 42.4 Å². The molecule has 5 fully saturated rings. The Morgan fingerprint density at radius 1 is 1.17 bits per heavy atom. The second-order valence-electron chi connectivity index (χ2n) is 11.3. The molecule has 30 heavy (non-hydrogen) atoms. The lowest BCUT2D eigenvalue weighted by Gasteiger charge is -2.56. The van der Waals surface area contributed by atoms with E-state index in [0.717, 1.165) is 49.4 Å².